The summed E-state index contributed by atoms with van der Waals surface area (Å²) in [4.78, 5) is 25.6. The summed E-state index contributed by atoms with van der Waals surface area (Å²) < 4.78 is 0. The molecule has 0 bridgehead atoms. The fourth-order valence-corrected chi connectivity index (χ4v) is 2.74. The number of aromatic carboxylic acids is 1. The fraction of sp³-hybridized carbons (Fsp3) is 0.529. The number of nitrogens with zero attached hydrogens (tertiary/aromatic N) is 1. The van der Waals surface area contributed by atoms with Crippen LogP contribution in [0.4, 0.5) is 11.4 Å². The van der Waals surface area contributed by atoms with Crippen LogP contribution in [-0.4, -0.2) is 30.1 Å². The van der Waals surface area contributed by atoms with Crippen LogP contribution in [0.3, 0.4) is 0 Å². The Balaban J connectivity index is 2.19. The molecule has 1 heterocycles. The number of carbonyl (C=O) groups is 2. The summed E-state index contributed by atoms with van der Waals surface area (Å²) >= 11 is 0. The second kappa shape index (κ2) is 7.29. The second-order valence-electron chi connectivity index (χ2n) is 6.23. The third-order valence-electron chi connectivity index (χ3n) is 3.82. The normalized spacial score (nSPS) is 15.0. The molecule has 1 saturated heterocycles. The van der Waals surface area contributed by atoms with Crippen molar-refractivity contribution in [3.63, 3.8) is 0 Å². The Bertz CT molecular complexity index is 549. The van der Waals surface area contributed by atoms with E-state index in [1.165, 1.54) is 6.42 Å². The van der Waals surface area contributed by atoms with Crippen molar-refractivity contribution in [1.82, 2.24) is 0 Å². The van der Waals surface area contributed by atoms with E-state index >= 15 is 0 Å². The molecule has 1 aliphatic heterocycles. The van der Waals surface area contributed by atoms with Gasteiger partial charge in [-0.1, -0.05) is 13.8 Å². The molecule has 5 nitrogen and oxygen atoms in total. The van der Waals surface area contributed by atoms with Crippen LogP contribution in [0.5, 0.6) is 0 Å². The zero-order valence-electron chi connectivity index (χ0n) is 13.3. The van der Waals surface area contributed by atoms with E-state index in [4.69, 9.17) is 0 Å². The maximum absolute atomic E-state index is 11.9. The summed E-state index contributed by atoms with van der Waals surface area (Å²) in [5.74, 6) is -0.928. The fourth-order valence-electron chi connectivity index (χ4n) is 2.74. The average molecular weight is 304 g/mol. The molecular weight excluding hydrogens is 280 g/mol. The number of carboxylic acid groups (broad SMARTS) is 1. The standard InChI is InChI=1S/C17H24N2O3/c1-12(2)10-16(20)18-15-7-6-13(11-14(15)17(21)22)19-8-4-3-5-9-19/h6-7,11-12H,3-5,8-10H2,1-2H3,(H,18,20)(H,21,22). The lowest BCUT2D eigenvalue weighted by Crippen LogP contribution is -2.29. The molecule has 0 aromatic heterocycles. The van der Waals surface area contributed by atoms with E-state index in [1.54, 1.807) is 12.1 Å². The first kappa shape index (κ1) is 16.3. The van der Waals surface area contributed by atoms with Crippen molar-refractivity contribution in [3.05, 3.63) is 23.8 Å². The van der Waals surface area contributed by atoms with Crippen molar-refractivity contribution in [3.8, 4) is 0 Å². The number of nitrogens with one attached hydrogen (secondary N) is 1. The molecule has 120 valence electrons. The minimum atomic E-state index is -1.02. The molecule has 0 saturated carbocycles. The highest BCUT2D eigenvalue weighted by atomic mass is 16.4. The van der Waals surface area contributed by atoms with Crippen molar-refractivity contribution in [2.45, 2.75) is 39.5 Å². The van der Waals surface area contributed by atoms with E-state index in [9.17, 15) is 14.7 Å². The summed E-state index contributed by atoms with van der Waals surface area (Å²) in [5.41, 5.74) is 1.44. The van der Waals surface area contributed by atoms with Crippen LogP contribution in [0.15, 0.2) is 18.2 Å². The second-order valence-corrected chi connectivity index (χ2v) is 6.23. The highest BCUT2D eigenvalue weighted by Crippen LogP contribution is 2.26. The van der Waals surface area contributed by atoms with Gasteiger partial charge in [-0.25, -0.2) is 4.79 Å². The van der Waals surface area contributed by atoms with Gasteiger partial charge in [0, 0.05) is 25.2 Å². The lowest BCUT2D eigenvalue weighted by atomic mass is 10.1. The number of amides is 1. The van der Waals surface area contributed by atoms with Crippen LogP contribution in [0.2, 0.25) is 0 Å². The predicted octanol–water partition coefficient (Wildman–Crippen LogP) is 3.36. The monoisotopic (exact) mass is 304 g/mol. The molecule has 2 rings (SSSR count). The first-order valence-corrected chi connectivity index (χ1v) is 7.89. The van der Waals surface area contributed by atoms with Crippen LogP contribution in [-0.2, 0) is 4.79 Å². The molecule has 22 heavy (non-hydrogen) atoms. The Labute approximate surface area is 131 Å². The molecule has 0 unspecified atom stereocenters. The van der Waals surface area contributed by atoms with Crippen molar-refractivity contribution in [2.75, 3.05) is 23.3 Å². The summed E-state index contributed by atoms with van der Waals surface area (Å²) in [7, 11) is 0. The average Bonchev–Trinajstić information content (AvgIpc) is 2.47. The number of anilines is 2. The quantitative estimate of drug-likeness (QED) is 0.875. The molecule has 1 aromatic rings. The van der Waals surface area contributed by atoms with Crippen molar-refractivity contribution in [1.29, 1.82) is 0 Å². The number of carbonyl (C=O) groups excluding carboxylic acids is 1. The van der Waals surface area contributed by atoms with Crippen molar-refractivity contribution in [2.24, 2.45) is 5.92 Å². The maximum atomic E-state index is 11.9. The van der Waals surface area contributed by atoms with Crippen LogP contribution in [0.25, 0.3) is 0 Å². The van der Waals surface area contributed by atoms with Gasteiger partial charge in [0.2, 0.25) is 5.91 Å². The lowest BCUT2D eigenvalue weighted by molar-refractivity contribution is -0.116. The number of hydrogen-bond acceptors (Lipinski definition) is 3. The molecule has 1 amide bonds. The Morgan fingerprint density at radius 2 is 1.91 bits per heavy atom. The number of carboxylic acids is 1. The topological polar surface area (TPSA) is 69.6 Å². The van der Waals surface area contributed by atoms with Gasteiger partial charge in [0.05, 0.1) is 11.3 Å². The zero-order chi connectivity index (χ0) is 16.1. The van der Waals surface area contributed by atoms with Crippen LogP contribution in [0, 0.1) is 5.92 Å². The molecule has 1 aliphatic rings. The van der Waals surface area contributed by atoms with E-state index in [1.807, 2.05) is 19.9 Å². The number of benzene rings is 1. The molecule has 0 atom stereocenters. The molecule has 0 aliphatic carbocycles. The zero-order valence-corrected chi connectivity index (χ0v) is 13.3. The van der Waals surface area contributed by atoms with E-state index < -0.39 is 5.97 Å². The predicted molar refractivity (Wildman–Crippen MR) is 87.6 cm³/mol. The molecule has 1 aromatic carbocycles. The van der Waals surface area contributed by atoms with Crippen molar-refractivity contribution >= 4 is 23.3 Å². The van der Waals surface area contributed by atoms with E-state index in [2.05, 4.69) is 10.2 Å². The van der Waals surface area contributed by atoms with Gasteiger partial charge < -0.3 is 15.3 Å². The highest BCUT2D eigenvalue weighted by Gasteiger charge is 2.17. The SMILES string of the molecule is CC(C)CC(=O)Nc1ccc(N2CCCCC2)cc1C(=O)O. The minimum Gasteiger partial charge on any atom is -0.478 e. The smallest absolute Gasteiger partial charge is 0.337 e. The minimum absolute atomic E-state index is 0.150. The summed E-state index contributed by atoms with van der Waals surface area (Å²) in [6.07, 6.45) is 3.88. The van der Waals surface area contributed by atoms with Crippen LogP contribution < -0.4 is 10.2 Å². The Morgan fingerprint density at radius 1 is 1.23 bits per heavy atom. The Hall–Kier alpha value is -2.04. The number of rotatable bonds is 5. The van der Waals surface area contributed by atoms with Gasteiger partial charge in [-0.15, -0.1) is 0 Å². The molecule has 5 heteroatoms. The Morgan fingerprint density at radius 3 is 2.50 bits per heavy atom. The summed E-state index contributed by atoms with van der Waals surface area (Å²) in [6, 6.07) is 5.26. The first-order valence-electron chi connectivity index (χ1n) is 7.89. The van der Waals surface area contributed by atoms with Gasteiger partial charge in [-0.2, -0.15) is 0 Å². The molecule has 1 fully saturated rings. The van der Waals surface area contributed by atoms with Gasteiger partial charge in [-0.3, -0.25) is 4.79 Å². The summed E-state index contributed by atoms with van der Waals surface area (Å²) in [6.45, 7) is 5.82. The van der Waals surface area contributed by atoms with Crippen LogP contribution in [0.1, 0.15) is 49.9 Å². The van der Waals surface area contributed by atoms with Gasteiger partial charge in [-0.05, 0) is 43.4 Å². The lowest BCUT2D eigenvalue weighted by Gasteiger charge is -2.29. The molecule has 0 spiro atoms. The van der Waals surface area contributed by atoms with E-state index in [0.717, 1.165) is 31.6 Å². The van der Waals surface area contributed by atoms with Gasteiger partial charge in [0.1, 0.15) is 0 Å². The van der Waals surface area contributed by atoms with Gasteiger partial charge in [0.25, 0.3) is 0 Å². The largest absolute Gasteiger partial charge is 0.478 e. The van der Waals surface area contributed by atoms with Crippen molar-refractivity contribution < 1.29 is 14.7 Å². The maximum Gasteiger partial charge on any atom is 0.337 e. The Kier molecular flexibility index (Phi) is 5.41. The third kappa shape index (κ3) is 4.23. The van der Waals surface area contributed by atoms with Gasteiger partial charge in [0.15, 0.2) is 0 Å². The van der Waals surface area contributed by atoms with Gasteiger partial charge >= 0.3 is 5.97 Å². The number of hydrogen-bond donors (Lipinski definition) is 2. The number of piperidine rings is 1. The first-order chi connectivity index (χ1) is 10.5. The molecular formula is C17H24N2O3. The molecule has 0 radical (unpaired) electrons. The highest BCUT2D eigenvalue weighted by molar-refractivity contribution is 6.01. The third-order valence-corrected chi connectivity index (χ3v) is 3.82. The van der Waals surface area contributed by atoms with Crippen LogP contribution >= 0.6 is 0 Å². The van der Waals surface area contributed by atoms with E-state index in [0.29, 0.717) is 12.1 Å². The summed E-state index contributed by atoms with van der Waals surface area (Å²) in [5, 5.41) is 12.1. The van der Waals surface area contributed by atoms with E-state index in [-0.39, 0.29) is 17.4 Å². The molecule has 2 N–H and O–H groups in total.